The van der Waals surface area contributed by atoms with E-state index in [9.17, 15) is 8.42 Å². The summed E-state index contributed by atoms with van der Waals surface area (Å²) in [6.07, 6.45) is 0.644. The summed E-state index contributed by atoms with van der Waals surface area (Å²) in [5.74, 6) is 0.0484. The normalized spacial score (nSPS) is 19.3. The topological polar surface area (TPSA) is 46.6 Å². The van der Waals surface area contributed by atoms with Crippen molar-refractivity contribution in [2.24, 2.45) is 0 Å². The first-order valence-electron chi connectivity index (χ1n) is 8.22. The van der Waals surface area contributed by atoms with E-state index in [-0.39, 0.29) is 11.9 Å². The Hall–Kier alpha value is -1.69. The lowest BCUT2D eigenvalue weighted by molar-refractivity contribution is -0.000542. The number of hydrogen-bond acceptors (Lipinski definition) is 3. The molecule has 4 nitrogen and oxygen atoms in total. The second-order valence-corrected chi connectivity index (χ2v) is 8.25. The monoisotopic (exact) mass is 345 g/mol. The zero-order valence-electron chi connectivity index (χ0n) is 13.9. The summed E-state index contributed by atoms with van der Waals surface area (Å²) in [6.45, 7) is 3.27. The Morgan fingerprint density at radius 3 is 2.58 bits per heavy atom. The van der Waals surface area contributed by atoms with Gasteiger partial charge in [-0.2, -0.15) is 4.31 Å². The van der Waals surface area contributed by atoms with Gasteiger partial charge in [0.05, 0.1) is 18.5 Å². The van der Waals surface area contributed by atoms with E-state index in [0.717, 1.165) is 17.5 Å². The van der Waals surface area contributed by atoms with Gasteiger partial charge in [0.1, 0.15) is 0 Å². The second-order valence-electron chi connectivity index (χ2n) is 6.29. The number of sulfonamides is 1. The molecule has 1 aliphatic rings. The summed E-state index contributed by atoms with van der Waals surface area (Å²) in [5.41, 5.74) is 3.08. The molecule has 2 aromatic rings. The zero-order valence-corrected chi connectivity index (χ0v) is 14.7. The molecule has 0 amide bonds. The molecule has 1 saturated heterocycles. The molecule has 128 valence electrons. The molecular formula is C19H23NO3S. The summed E-state index contributed by atoms with van der Waals surface area (Å²) < 4.78 is 32.8. The maximum absolute atomic E-state index is 12.7. The quantitative estimate of drug-likeness (QED) is 0.837. The van der Waals surface area contributed by atoms with Crippen LogP contribution in [0.1, 0.15) is 16.7 Å². The van der Waals surface area contributed by atoms with Crippen LogP contribution in [-0.2, 0) is 26.9 Å². The summed E-state index contributed by atoms with van der Waals surface area (Å²) >= 11 is 0. The maximum atomic E-state index is 12.7. The number of benzene rings is 2. The molecule has 0 spiro atoms. The van der Waals surface area contributed by atoms with Crippen molar-refractivity contribution < 1.29 is 13.2 Å². The molecule has 3 rings (SSSR count). The van der Waals surface area contributed by atoms with Crippen LogP contribution in [0.5, 0.6) is 0 Å². The van der Waals surface area contributed by atoms with Gasteiger partial charge in [-0.1, -0.05) is 60.2 Å². The van der Waals surface area contributed by atoms with Gasteiger partial charge >= 0.3 is 0 Å². The van der Waals surface area contributed by atoms with Crippen LogP contribution in [0.3, 0.4) is 0 Å². The van der Waals surface area contributed by atoms with E-state index in [1.807, 2.05) is 61.5 Å². The van der Waals surface area contributed by atoms with Gasteiger partial charge in [0, 0.05) is 13.1 Å². The molecule has 0 radical (unpaired) electrons. The average Bonchev–Trinajstić information content (AvgIpc) is 2.56. The predicted molar refractivity (Wildman–Crippen MR) is 95.3 cm³/mol. The van der Waals surface area contributed by atoms with Gasteiger partial charge in [-0.15, -0.1) is 0 Å². The lowest BCUT2D eigenvalue weighted by Gasteiger charge is -2.32. The van der Waals surface area contributed by atoms with Crippen molar-refractivity contribution in [2.45, 2.75) is 25.2 Å². The second kappa shape index (κ2) is 7.47. The van der Waals surface area contributed by atoms with Gasteiger partial charge in [-0.25, -0.2) is 8.42 Å². The van der Waals surface area contributed by atoms with E-state index in [0.29, 0.717) is 19.7 Å². The van der Waals surface area contributed by atoms with Crippen LogP contribution >= 0.6 is 0 Å². The third kappa shape index (κ3) is 4.44. The number of hydrogen-bond donors (Lipinski definition) is 0. The fourth-order valence-corrected chi connectivity index (χ4v) is 4.58. The number of nitrogens with zero attached hydrogens (tertiary/aromatic N) is 1. The summed E-state index contributed by atoms with van der Waals surface area (Å²) in [4.78, 5) is 0. The van der Waals surface area contributed by atoms with E-state index in [2.05, 4.69) is 0 Å². The third-order valence-electron chi connectivity index (χ3n) is 4.23. The van der Waals surface area contributed by atoms with Crippen LogP contribution in [0.25, 0.3) is 0 Å². The zero-order chi connectivity index (χ0) is 17.0. The molecule has 24 heavy (non-hydrogen) atoms. The smallest absolute Gasteiger partial charge is 0.218 e. The molecule has 1 unspecified atom stereocenters. The fourth-order valence-electron chi connectivity index (χ4n) is 3.05. The first kappa shape index (κ1) is 17.1. The Morgan fingerprint density at radius 1 is 1.08 bits per heavy atom. The standard InChI is InChI=1S/C19H23NO3S/c1-16-6-5-9-18(12-16)15-24(21,22)20-10-11-23-19(14-20)13-17-7-3-2-4-8-17/h2-9,12,19H,10-11,13-15H2,1H3. The van der Waals surface area contributed by atoms with E-state index in [1.165, 1.54) is 5.56 Å². The van der Waals surface area contributed by atoms with Crippen molar-refractivity contribution in [1.29, 1.82) is 0 Å². The Kier molecular flexibility index (Phi) is 5.33. The molecule has 1 fully saturated rings. The Bertz CT molecular complexity index is 774. The number of rotatable bonds is 5. The largest absolute Gasteiger partial charge is 0.375 e. The van der Waals surface area contributed by atoms with Crippen LogP contribution < -0.4 is 0 Å². The average molecular weight is 345 g/mol. The molecule has 2 aromatic carbocycles. The lowest BCUT2D eigenvalue weighted by atomic mass is 10.1. The number of ether oxygens (including phenoxy) is 1. The highest BCUT2D eigenvalue weighted by Crippen LogP contribution is 2.18. The third-order valence-corrected chi connectivity index (χ3v) is 6.05. The van der Waals surface area contributed by atoms with Gasteiger partial charge in [-0.05, 0) is 24.5 Å². The van der Waals surface area contributed by atoms with E-state index in [4.69, 9.17) is 4.74 Å². The molecule has 0 bridgehead atoms. The molecular weight excluding hydrogens is 322 g/mol. The Morgan fingerprint density at radius 2 is 1.83 bits per heavy atom. The molecule has 5 heteroatoms. The van der Waals surface area contributed by atoms with Crippen LogP contribution in [-0.4, -0.2) is 38.5 Å². The molecule has 0 aromatic heterocycles. The van der Waals surface area contributed by atoms with Crippen LogP contribution in [0.2, 0.25) is 0 Å². The van der Waals surface area contributed by atoms with Crippen molar-refractivity contribution >= 4 is 10.0 Å². The van der Waals surface area contributed by atoms with Crippen molar-refractivity contribution in [3.05, 3.63) is 71.3 Å². The molecule has 0 aliphatic carbocycles. The molecule has 0 saturated carbocycles. The van der Waals surface area contributed by atoms with Crippen molar-refractivity contribution in [3.63, 3.8) is 0 Å². The molecule has 1 heterocycles. The van der Waals surface area contributed by atoms with Crippen LogP contribution in [0, 0.1) is 6.92 Å². The minimum Gasteiger partial charge on any atom is -0.375 e. The van der Waals surface area contributed by atoms with E-state index < -0.39 is 10.0 Å². The highest BCUT2D eigenvalue weighted by atomic mass is 32.2. The summed E-state index contributed by atoms with van der Waals surface area (Å²) in [5, 5.41) is 0. The minimum absolute atomic E-state index is 0.0484. The van der Waals surface area contributed by atoms with Gasteiger partial charge < -0.3 is 4.74 Å². The Balaban J connectivity index is 1.67. The lowest BCUT2D eigenvalue weighted by Crippen LogP contribution is -2.46. The number of morpholine rings is 1. The minimum atomic E-state index is -3.33. The van der Waals surface area contributed by atoms with Crippen LogP contribution in [0.15, 0.2) is 54.6 Å². The molecule has 1 aliphatic heterocycles. The van der Waals surface area contributed by atoms with E-state index in [1.54, 1.807) is 4.31 Å². The highest BCUT2D eigenvalue weighted by Gasteiger charge is 2.29. The maximum Gasteiger partial charge on any atom is 0.218 e. The SMILES string of the molecule is Cc1cccc(CS(=O)(=O)N2CCOC(Cc3ccccc3)C2)c1. The number of aryl methyl sites for hydroxylation is 1. The van der Waals surface area contributed by atoms with Gasteiger partial charge in [0.15, 0.2) is 0 Å². The summed E-state index contributed by atoms with van der Waals surface area (Å²) in [7, 11) is -3.33. The van der Waals surface area contributed by atoms with Gasteiger partial charge in [0.25, 0.3) is 0 Å². The summed E-state index contributed by atoms with van der Waals surface area (Å²) in [6, 6.07) is 17.7. The molecule has 0 N–H and O–H groups in total. The highest BCUT2D eigenvalue weighted by molar-refractivity contribution is 7.88. The van der Waals surface area contributed by atoms with E-state index >= 15 is 0 Å². The van der Waals surface area contributed by atoms with Crippen LogP contribution in [0.4, 0.5) is 0 Å². The Labute approximate surface area is 144 Å². The predicted octanol–water partition coefficient (Wildman–Crippen LogP) is 2.77. The van der Waals surface area contributed by atoms with Gasteiger partial charge in [0.2, 0.25) is 10.0 Å². The molecule has 1 atom stereocenters. The van der Waals surface area contributed by atoms with Gasteiger partial charge in [-0.3, -0.25) is 0 Å². The van der Waals surface area contributed by atoms with Crippen molar-refractivity contribution in [2.75, 3.05) is 19.7 Å². The fraction of sp³-hybridized carbons (Fsp3) is 0.368. The van der Waals surface area contributed by atoms with Crippen molar-refractivity contribution in [1.82, 2.24) is 4.31 Å². The first-order chi connectivity index (χ1) is 11.5. The van der Waals surface area contributed by atoms with Crippen molar-refractivity contribution in [3.8, 4) is 0 Å². The first-order valence-corrected chi connectivity index (χ1v) is 9.83.